The first-order valence-corrected chi connectivity index (χ1v) is 8.29. The predicted molar refractivity (Wildman–Crippen MR) is 87.0 cm³/mol. The summed E-state index contributed by atoms with van der Waals surface area (Å²) in [5.41, 5.74) is 7.01. The van der Waals surface area contributed by atoms with Crippen LogP contribution in [0.15, 0.2) is 18.2 Å². The Kier molecular flexibility index (Phi) is 6.03. The molecular weight excluding hydrogens is 287 g/mol. The van der Waals surface area contributed by atoms with Crippen molar-refractivity contribution in [1.82, 2.24) is 4.90 Å². The second-order valence-corrected chi connectivity index (χ2v) is 6.80. The minimum atomic E-state index is -0.369. The molecule has 0 aromatic heterocycles. The van der Waals surface area contributed by atoms with Gasteiger partial charge in [-0.25, -0.2) is 4.39 Å². The summed E-state index contributed by atoms with van der Waals surface area (Å²) in [6.45, 7) is 7.26. The molecule has 1 aliphatic heterocycles. The van der Waals surface area contributed by atoms with E-state index in [-0.39, 0.29) is 16.9 Å². The average Bonchev–Trinajstić information content (AvgIpc) is 2.70. The maximum atomic E-state index is 13.3. The molecule has 2 rings (SSSR count). The summed E-state index contributed by atoms with van der Waals surface area (Å²) in [4.78, 5) is 2.44. The maximum absolute atomic E-state index is 13.3. The van der Waals surface area contributed by atoms with Gasteiger partial charge < -0.3 is 5.73 Å². The summed E-state index contributed by atoms with van der Waals surface area (Å²) < 4.78 is 13.3. The molecule has 1 heterocycles. The number of benzene rings is 1. The Balaban J connectivity index is 2.11. The molecule has 1 fully saturated rings. The minimum Gasteiger partial charge on any atom is -0.329 e. The van der Waals surface area contributed by atoms with E-state index in [0.717, 1.165) is 30.5 Å². The first kappa shape index (κ1) is 16.7. The first-order valence-electron chi connectivity index (χ1n) is 7.92. The molecule has 2 nitrogen and oxygen atoms in total. The van der Waals surface area contributed by atoms with Gasteiger partial charge in [0.15, 0.2) is 0 Å². The van der Waals surface area contributed by atoms with Crippen molar-refractivity contribution in [1.29, 1.82) is 0 Å². The van der Waals surface area contributed by atoms with Crippen molar-refractivity contribution in [3.63, 3.8) is 0 Å². The molecule has 4 heteroatoms. The van der Waals surface area contributed by atoms with Crippen molar-refractivity contribution >= 4 is 11.6 Å². The van der Waals surface area contributed by atoms with Crippen LogP contribution in [0.4, 0.5) is 4.39 Å². The van der Waals surface area contributed by atoms with Crippen LogP contribution < -0.4 is 5.73 Å². The largest absolute Gasteiger partial charge is 0.329 e. The highest BCUT2D eigenvalue weighted by Crippen LogP contribution is 2.30. The van der Waals surface area contributed by atoms with Crippen molar-refractivity contribution < 1.29 is 4.39 Å². The van der Waals surface area contributed by atoms with E-state index in [1.54, 1.807) is 6.07 Å². The lowest BCUT2D eigenvalue weighted by Gasteiger charge is -2.30. The smallest absolute Gasteiger partial charge is 0.141 e. The van der Waals surface area contributed by atoms with E-state index in [0.29, 0.717) is 6.54 Å². The third-order valence-electron chi connectivity index (χ3n) is 4.74. The van der Waals surface area contributed by atoms with Gasteiger partial charge >= 0.3 is 0 Å². The van der Waals surface area contributed by atoms with Crippen LogP contribution in [0.2, 0.25) is 5.02 Å². The highest BCUT2D eigenvalue weighted by Gasteiger charge is 2.25. The number of hydrogen-bond donors (Lipinski definition) is 1. The molecule has 2 unspecified atom stereocenters. The summed E-state index contributed by atoms with van der Waals surface area (Å²) in [6.07, 6.45) is 3.70. The van der Waals surface area contributed by atoms with Crippen LogP contribution in [0.25, 0.3) is 0 Å². The van der Waals surface area contributed by atoms with E-state index >= 15 is 0 Å². The van der Waals surface area contributed by atoms with Gasteiger partial charge in [-0.2, -0.15) is 0 Å². The Hall–Kier alpha value is -0.640. The Morgan fingerprint density at radius 1 is 1.33 bits per heavy atom. The van der Waals surface area contributed by atoms with E-state index in [2.05, 4.69) is 18.7 Å². The standard InChI is InChI=1S/C17H26ClFN2/c1-12(2)13-4-3-8-21(9-7-13)17(11-20)14-5-6-16(19)15(18)10-14/h5-6,10,12-13,17H,3-4,7-9,11,20H2,1-2H3. The highest BCUT2D eigenvalue weighted by atomic mass is 35.5. The molecule has 0 spiro atoms. The van der Waals surface area contributed by atoms with E-state index in [1.165, 1.54) is 25.3 Å². The second kappa shape index (κ2) is 7.57. The number of rotatable bonds is 4. The molecule has 118 valence electrons. The van der Waals surface area contributed by atoms with Crippen LogP contribution in [-0.4, -0.2) is 24.5 Å². The molecule has 0 bridgehead atoms. The lowest BCUT2D eigenvalue weighted by molar-refractivity contribution is 0.204. The summed E-state index contributed by atoms with van der Waals surface area (Å²) in [5.74, 6) is 1.17. The van der Waals surface area contributed by atoms with Crippen molar-refractivity contribution in [3.05, 3.63) is 34.6 Å². The van der Waals surface area contributed by atoms with Crippen molar-refractivity contribution in [2.75, 3.05) is 19.6 Å². The lowest BCUT2D eigenvalue weighted by Crippen LogP contribution is -2.34. The van der Waals surface area contributed by atoms with E-state index in [1.807, 2.05) is 6.07 Å². The number of hydrogen-bond acceptors (Lipinski definition) is 2. The molecular formula is C17H26ClFN2. The van der Waals surface area contributed by atoms with Gasteiger partial charge in [0, 0.05) is 12.6 Å². The zero-order valence-electron chi connectivity index (χ0n) is 13.0. The molecule has 0 aliphatic carbocycles. The van der Waals surface area contributed by atoms with Crippen LogP contribution in [-0.2, 0) is 0 Å². The van der Waals surface area contributed by atoms with Gasteiger partial charge in [-0.05, 0) is 61.9 Å². The average molecular weight is 313 g/mol. The lowest BCUT2D eigenvalue weighted by atomic mass is 9.89. The number of nitrogens with zero attached hydrogens (tertiary/aromatic N) is 1. The van der Waals surface area contributed by atoms with Gasteiger partial charge in [0.05, 0.1) is 5.02 Å². The highest BCUT2D eigenvalue weighted by molar-refractivity contribution is 6.30. The van der Waals surface area contributed by atoms with Crippen LogP contribution in [0.5, 0.6) is 0 Å². The number of halogens is 2. The van der Waals surface area contributed by atoms with Crippen LogP contribution >= 0.6 is 11.6 Å². The molecule has 1 saturated heterocycles. The minimum absolute atomic E-state index is 0.133. The van der Waals surface area contributed by atoms with E-state index in [4.69, 9.17) is 17.3 Å². The fraction of sp³-hybridized carbons (Fsp3) is 0.647. The van der Waals surface area contributed by atoms with E-state index < -0.39 is 0 Å². The number of nitrogens with two attached hydrogens (primary N) is 1. The number of likely N-dealkylation sites (tertiary alicyclic amines) is 1. The van der Waals surface area contributed by atoms with Gasteiger partial charge in [0.2, 0.25) is 0 Å². The Morgan fingerprint density at radius 3 is 2.71 bits per heavy atom. The maximum Gasteiger partial charge on any atom is 0.141 e. The molecule has 1 aliphatic rings. The first-order chi connectivity index (χ1) is 10.0. The molecule has 2 atom stereocenters. The Bertz CT molecular complexity index is 464. The van der Waals surface area contributed by atoms with Crippen LogP contribution in [0, 0.1) is 17.7 Å². The van der Waals surface area contributed by atoms with Crippen molar-refractivity contribution in [3.8, 4) is 0 Å². The zero-order valence-corrected chi connectivity index (χ0v) is 13.7. The van der Waals surface area contributed by atoms with Gasteiger partial charge in [0.25, 0.3) is 0 Å². The van der Waals surface area contributed by atoms with Gasteiger partial charge in [-0.3, -0.25) is 4.90 Å². The van der Waals surface area contributed by atoms with E-state index in [9.17, 15) is 4.39 Å². The molecule has 21 heavy (non-hydrogen) atoms. The Labute approximate surface area is 132 Å². The summed E-state index contributed by atoms with van der Waals surface area (Å²) in [5, 5.41) is 0.181. The third-order valence-corrected chi connectivity index (χ3v) is 5.03. The zero-order chi connectivity index (χ0) is 15.4. The SMILES string of the molecule is CC(C)C1CCCN(C(CN)c2ccc(F)c(Cl)c2)CC1. The van der Waals surface area contributed by atoms with Crippen molar-refractivity contribution in [2.24, 2.45) is 17.6 Å². The van der Waals surface area contributed by atoms with Gasteiger partial charge in [-0.1, -0.05) is 31.5 Å². The third kappa shape index (κ3) is 4.18. The summed E-state index contributed by atoms with van der Waals surface area (Å²) in [6, 6.07) is 5.10. The topological polar surface area (TPSA) is 29.3 Å². The van der Waals surface area contributed by atoms with Crippen molar-refractivity contribution in [2.45, 2.75) is 39.2 Å². The molecule has 0 saturated carbocycles. The summed E-state index contributed by atoms with van der Waals surface area (Å²) >= 11 is 5.92. The fourth-order valence-corrected chi connectivity index (χ4v) is 3.53. The molecule has 2 N–H and O–H groups in total. The normalized spacial score (nSPS) is 22.3. The molecule has 0 amide bonds. The second-order valence-electron chi connectivity index (χ2n) is 6.40. The van der Waals surface area contributed by atoms with Crippen LogP contribution in [0.1, 0.15) is 44.7 Å². The quantitative estimate of drug-likeness (QED) is 0.901. The fourth-order valence-electron chi connectivity index (χ4n) is 3.34. The Morgan fingerprint density at radius 2 is 2.10 bits per heavy atom. The molecule has 0 radical (unpaired) electrons. The monoisotopic (exact) mass is 312 g/mol. The molecule has 1 aromatic carbocycles. The summed E-state index contributed by atoms with van der Waals surface area (Å²) in [7, 11) is 0. The van der Waals surface area contributed by atoms with Crippen LogP contribution in [0.3, 0.4) is 0 Å². The molecule has 1 aromatic rings. The predicted octanol–water partition coefficient (Wildman–Crippen LogP) is 4.24. The van der Waals surface area contributed by atoms with Gasteiger partial charge in [0.1, 0.15) is 5.82 Å². The van der Waals surface area contributed by atoms with Gasteiger partial charge in [-0.15, -0.1) is 0 Å².